The number of aliphatic carboxylic acids is 1. The summed E-state index contributed by atoms with van der Waals surface area (Å²) in [6, 6.07) is 8.40. The van der Waals surface area contributed by atoms with Crippen molar-refractivity contribution in [2.24, 2.45) is 5.92 Å². The number of hydrogen-bond donors (Lipinski definition) is 2. The van der Waals surface area contributed by atoms with Gasteiger partial charge in [-0.3, -0.25) is 14.9 Å². The Labute approximate surface area is 150 Å². The third kappa shape index (κ3) is 8.68. The van der Waals surface area contributed by atoms with Gasteiger partial charge in [0.15, 0.2) is 0 Å². The summed E-state index contributed by atoms with van der Waals surface area (Å²) in [7, 11) is 0. The molecule has 1 aromatic rings. The Morgan fingerprint density at radius 2 is 1.72 bits per heavy atom. The van der Waals surface area contributed by atoms with Crippen molar-refractivity contribution in [3.05, 3.63) is 35.9 Å². The fourth-order valence-corrected chi connectivity index (χ4v) is 2.55. The average molecular weight is 349 g/mol. The van der Waals surface area contributed by atoms with Gasteiger partial charge >= 0.3 is 11.9 Å². The van der Waals surface area contributed by atoms with Crippen LogP contribution in [-0.4, -0.2) is 34.7 Å². The molecule has 2 N–H and O–H groups in total. The van der Waals surface area contributed by atoms with E-state index in [4.69, 9.17) is 4.74 Å². The van der Waals surface area contributed by atoms with Crippen LogP contribution >= 0.6 is 0 Å². The van der Waals surface area contributed by atoms with Crippen molar-refractivity contribution in [2.75, 3.05) is 0 Å². The number of nitrogens with one attached hydrogen (secondary N) is 1. The minimum atomic E-state index is -0.943. The predicted octanol–water partition coefficient (Wildman–Crippen LogP) is 3.42. The molecule has 1 aromatic carbocycles. The lowest BCUT2D eigenvalue weighted by atomic mass is 10.0. The van der Waals surface area contributed by atoms with Gasteiger partial charge in [0, 0.05) is 0 Å². The Morgan fingerprint density at radius 3 is 2.20 bits per heavy atom. The van der Waals surface area contributed by atoms with E-state index in [0.717, 1.165) is 5.56 Å². The first-order chi connectivity index (χ1) is 11.6. The molecule has 25 heavy (non-hydrogen) atoms. The first-order valence-corrected chi connectivity index (χ1v) is 8.84. The third-order valence-electron chi connectivity index (χ3n) is 3.66. The molecule has 5 heteroatoms. The Bertz CT molecular complexity index is 549. The van der Waals surface area contributed by atoms with Gasteiger partial charge in [0.25, 0.3) is 0 Å². The summed E-state index contributed by atoms with van der Waals surface area (Å²) in [5.41, 5.74) is 0.495. The van der Waals surface area contributed by atoms with Gasteiger partial charge in [-0.1, -0.05) is 44.2 Å². The predicted molar refractivity (Wildman–Crippen MR) is 98.4 cm³/mol. The van der Waals surface area contributed by atoms with Crippen molar-refractivity contribution in [1.29, 1.82) is 0 Å². The largest absolute Gasteiger partial charge is 0.480 e. The maximum Gasteiger partial charge on any atom is 0.323 e. The third-order valence-corrected chi connectivity index (χ3v) is 3.66. The number of carboxylic acids is 1. The molecule has 0 bridgehead atoms. The van der Waals surface area contributed by atoms with Crippen LogP contribution in [0.3, 0.4) is 0 Å². The molecule has 0 amide bonds. The summed E-state index contributed by atoms with van der Waals surface area (Å²) in [5.74, 6) is -1.14. The number of ether oxygens (including phenoxy) is 1. The maximum atomic E-state index is 12.5. The van der Waals surface area contributed by atoms with E-state index < -0.39 is 29.6 Å². The molecule has 0 aliphatic rings. The Morgan fingerprint density at radius 1 is 1.12 bits per heavy atom. The molecule has 0 unspecified atom stereocenters. The molecule has 0 aliphatic heterocycles. The van der Waals surface area contributed by atoms with Crippen molar-refractivity contribution in [1.82, 2.24) is 5.32 Å². The van der Waals surface area contributed by atoms with Gasteiger partial charge in [-0.2, -0.15) is 0 Å². The Kier molecular flexibility index (Phi) is 8.10. The number of aryl methyl sites for hydroxylation is 1. The van der Waals surface area contributed by atoms with E-state index in [-0.39, 0.29) is 5.92 Å². The molecular formula is C20H31NO4. The van der Waals surface area contributed by atoms with Gasteiger partial charge in [0.2, 0.25) is 0 Å². The lowest BCUT2D eigenvalue weighted by molar-refractivity contribution is -0.158. The highest BCUT2D eigenvalue weighted by Crippen LogP contribution is 2.14. The van der Waals surface area contributed by atoms with Crippen molar-refractivity contribution in [3.8, 4) is 0 Å². The van der Waals surface area contributed by atoms with Crippen LogP contribution < -0.4 is 5.32 Å². The first kappa shape index (κ1) is 21.2. The fraction of sp³-hybridized carbons (Fsp3) is 0.600. The van der Waals surface area contributed by atoms with E-state index >= 15 is 0 Å². The lowest BCUT2D eigenvalue weighted by Gasteiger charge is -2.27. The molecule has 0 aromatic heterocycles. The van der Waals surface area contributed by atoms with Crippen LogP contribution in [0.2, 0.25) is 0 Å². The molecule has 0 fully saturated rings. The summed E-state index contributed by atoms with van der Waals surface area (Å²) in [4.78, 5) is 24.1. The summed E-state index contributed by atoms with van der Waals surface area (Å²) in [6.07, 6.45) is 1.62. The number of esters is 1. The molecule has 1 rings (SSSR count). The second-order valence-electron chi connectivity index (χ2n) is 7.80. The second-order valence-corrected chi connectivity index (χ2v) is 7.80. The number of carbonyl (C=O) groups excluding carboxylic acids is 1. The van der Waals surface area contributed by atoms with Crippen LogP contribution in [-0.2, 0) is 20.7 Å². The summed E-state index contributed by atoms with van der Waals surface area (Å²) >= 11 is 0. The van der Waals surface area contributed by atoms with E-state index in [2.05, 4.69) is 5.32 Å². The van der Waals surface area contributed by atoms with Gasteiger partial charge in [-0.25, -0.2) is 0 Å². The van der Waals surface area contributed by atoms with Crippen LogP contribution in [0.5, 0.6) is 0 Å². The molecule has 0 radical (unpaired) electrons. The number of carbonyl (C=O) groups is 2. The first-order valence-electron chi connectivity index (χ1n) is 8.84. The number of carboxylic acid groups (broad SMARTS) is 1. The lowest BCUT2D eigenvalue weighted by Crippen LogP contribution is -2.49. The van der Waals surface area contributed by atoms with Gasteiger partial charge in [-0.15, -0.1) is 0 Å². The number of rotatable bonds is 9. The van der Waals surface area contributed by atoms with Gasteiger partial charge in [0.1, 0.15) is 17.7 Å². The summed E-state index contributed by atoms with van der Waals surface area (Å²) in [5, 5.41) is 12.5. The van der Waals surface area contributed by atoms with Crippen molar-refractivity contribution < 1.29 is 19.4 Å². The van der Waals surface area contributed by atoms with E-state index in [0.29, 0.717) is 19.3 Å². The zero-order valence-corrected chi connectivity index (χ0v) is 15.9. The summed E-state index contributed by atoms with van der Waals surface area (Å²) in [6.45, 7) is 9.35. The standard InChI is InChI=1S/C20H31NO4/c1-14(2)13-17(18(22)23)21-16(19(24)25-20(3,4)5)12-11-15-9-7-6-8-10-15/h6-10,14,16-17,21H,11-13H2,1-5H3,(H,22,23)/t16-,17+/m1/s1. The Hall–Kier alpha value is -1.88. The minimum absolute atomic E-state index is 0.210. The van der Waals surface area contributed by atoms with Crippen LogP contribution in [0, 0.1) is 5.92 Å². The molecule has 140 valence electrons. The van der Waals surface area contributed by atoms with E-state index in [9.17, 15) is 14.7 Å². The molecule has 0 heterocycles. The van der Waals surface area contributed by atoms with E-state index in [1.807, 2.05) is 65.0 Å². The number of benzene rings is 1. The molecule has 0 spiro atoms. The molecule has 0 saturated heterocycles. The SMILES string of the molecule is CC(C)C[C@H](N[C@H](CCc1ccccc1)C(=O)OC(C)(C)C)C(=O)O. The van der Waals surface area contributed by atoms with E-state index in [1.54, 1.807) is 0 Å². The maximum absolute atomic E-state index is 12.5. The van der Waals surface area contributed by atoms with Crippen molar-refractivity contribution >= 4 is 11.9 Å². The van der Waals surface area contributed by atoms with Gasteiger partial charge in [0.05, 0.1) is 0 Å². The number of hydrogen-bond acceptors (Lipinski definition) is 4. The van der Waals surface area contributed by atoms with Gasteiger partial charge < -0.3 is 9.84 Å². The van der Waals surface area contributed by atoms with Crippen LogP contribution in [0.25, 0.3) is 0 Å². The highest BCUT2D eigenvalue weighted by Gasteiger charge is 2.30. The topological polar surface area (TPSA) is 75.6 Å². The monoisotopic (exact) mass is 349 g/mol. The zero-order chi connectivity index (χ0) is 19.0. The Balaban J connectivity index is 2.85. The minimum Gasteiger partial charge on any atom is -0.480 e. The molecule has 0 aliphatic carbocycles. The highest BCUT2D eigenvalue weighted by atomic mass is 16.6. The summed E-state index contributed by atoms with van der Waals surface area (Å²) < 4.78 is 5.48. The fourth-order valence-electron chi connectivity index (χ4n) is 2.55. The quantitative estimate of drug-likeness (QED) is 0.668. The van der Waals surface area contributed by atoms with Crippen molar-refractivity contribution in [3.63, 3.8) is 0 Å². The average Bonchev–Trinajstić information content (AvgIpc) is 2.48. The van der Waals surface area contributed by atoms with E-state index in [1.165, 1.54) is 0 Å². The molecule has 0 saturated carbocycles. The zero-order valence-electron chi connectivity index (χ0n) is 15.9. The highest BCUT2D eigenvalue weighted by molar-refractivity contribution is 5.79. The molecule has 2 atom stereocenters. The normalized spacial score (nSPS) is 14.2. The molecule has 5 nitrogen and oxygen atoms in total. The second kappa shape index (κ2) is 9.56. The molecular weight excluding hydrogens is 318 g/mol. The van der Waals surface area contributed by atoms with Crippen LogP contribution in [0.4, 0.5) is 0 Å². The van der Waals surface area contributed by atoms with Crippen LogP contribution in [0.1, 0.15) is 53.0 Å². The van der Waals surface area contributed by atoms with Crippen molar-refractivity contribution in [2.45, 2.75) is 71.6 Å². The van der Waals surface area contributed by atoms with Crippen LogP contribution in [0.15, 0.2) is 30.3 Å². The van der Waals surface area contributed by atoms with Gasteiger partial charge in [-0.05, 0) is 51.5 Å². The smallest absolute Gasteiger partial charge is 0.323 e.